The van der Waals surface area contributed by atoms with Crippen LogP contribution in [0.3, 0.4) is 0 Å². The number of aromatic nitrogens is 1. The van der Waals surface area contributed by atoms with E-state index in [1.54, 1.807) is 0 Å². The molecule has 0 aromatic carbocycles. The lowest BCUT2D eigenvalue weighted by Crippen LogP contribution is -2.30. The molecule has 0 saturated heterocycles. The van der Waals surface area contributed by atoms with Crippen LogP contribution in [0.1, 0.15) is 5.69 Å². The number of pyridine rings is 1. The largest absolute Gasteiger partial charge is 0.316 e. The van der Waals surface area contributed by atoms with Crippen LogP contribution in [0.4, 0.5) is 0 Å². The lowest BCUT2D eigenvalue weighted by atomic mass is 10.2. The minimum atomic E-state index is 0.532. The zero-order valence-corrected chi connectivity index (χ0v) is 8.97. The van der Waals surface area contributed by atoms with E-state index in [1.165, 1.54) is 0 Å². The normalized spacial score (nSPS) is 12.8. The van der Waals surface area contributed by atoms with Gasteiger partial charge in [0.15, 0.2) is 0 Å². The van der Waals surface area contributed by atoms with Gasteiger partial charge in [0.25, 0.3) is 0 Å². The van der Waals surface area contributed by atoms with E-state index in [2.05, 4.69) is 22.6 Å². The minimum Gasteiger partial charge on any atom is -0.316 e. The highest BCUT2D eigenvalue weighted by Crippen LogP contribution is 2.03. The Labute approximate surface area is 84.1 Å². The molecule has 13 heavy (non-hydrogen) atoms. The van der Waals surface area contributed by atoms with Crippen molar-refractivity contribution in [2.75, 3.05) is 19.1 Å². The van der Waals surface area contributed by atoms with Crippen LogP contribution >= 0.6 is 11.8 Å². The van der Waals surface area contributed by atoms with Gasteiger partial charge in [-0.05, 0) is 25.4 Å². The topological polar surface area (TPSA) is 24.9 Å². The van der Waals surface area contributed by atoms with Crippen molar-refractivity contribution in [2.45, 2.75) is 12.5 Å². The fourth-order valence-corrected chi connectivity index (χ4v) is 1.90. The monoisotopic (exact) mass is 196 g/mol. The maximum atomic E-state index is 4.30. The third-order valence-electron chi connectivity index (χ3n) is 1.96. The van der Waals surface area contributed by atoms with Crippen molar-refractivity contribution < 1.29 is 0 Å². The Morgan fingerprint density at radius 3 is 2.92 bits per heavy atom. The zero-order valence-electron chi connectivity index (χ0n) is 8.16. The van der Waals surface area contributed by atoms with Gasteiger partial charge in [-0.1, -0.05) is 6.07 Å². The average Bonchev–Trinajstić information content (AvgIpc) is 2.19. The number of thioether (sulfide) groups is 1. The summed E-state index contributed by atoms with van der Waals surface area (Å²) in [6.45, 7) is 0. The molecule has 1 aromatic heterocycles. The Morgan fingerprint density at radius 2 is 2.38 bits per heavy atom. The van der Waals surface area contributed by atoms with Crippen molar-refractivity contribution in [3.8, 4) is 0 Å². The predicted octanol–water partition coefficient (Wildman–Crippen LogP) is 1.58. The molecule has 1 atom stereocenters. The van der Waals surface area contributed by atoms with Crippen LogP contribution in [-0.4, -0.2) is 30.1 Å². The summed E-state index contributed by atoms with van der Waals surface area (Å²) in [5.74, 6) is 1.13. The molecule has 0 aliphatic carbocycles. The maximum Gasteiger partial charge on any atom is 0.0419 e. The third kappa shape index (κ3) is 3.79. The summed E-state index contributed by atoms with van der Waals surface area (Å²) in [5.41, 5.74) is 1.16. The van der Waals surface area contributed by atoms with Crippen LogP contribution in [-0.2, 0) is 6.42 Å². The highest BCUT2D eigenvalue weighted by atomic mass is 32.2. The second-order valence-corrected chi connectivity index (χ2v) is 3.88. The molecule has 1 aromatic rings. The average molecular weight is 196 g/mol. The Kier molecular flexibility index (Phi) is 4.86. The highest BCUT2D eigenvalue weighted by molar-refractivity contribution is 7.98. The molecule has 2 nitrogen and oxygen atoms in total. The molecule has 1 heterocycles. The second-order valence-electron chi connectivity index (χ2n) is 2.97. The molecule has 72 valence electrons. The quantitative estimate of drug-likeness (QED) is 0.774. The first-order valence-corrected chi connectivity index (χ1v) is 5.82. The summed E-state index contributed by atoms with van der Waals surface area (Å²) in [7, 11) is 2.00. The van der Waals surface area contributed by atoms with Crippen molar-refractivity contribution in [1.82, 2.24) is 10.3 Å². The van der Waals surface area contributed by atoms with Gasteiger partial charge in [-0.15, -0.1) is 0 Å². The Hall–Kier alpha value is -0.540. The number of likely N-dealkylation sites (N-methyl/N-ethyl adjacent to an activating group) is 1. The predicted molar refractivity (Wildman–Crippen MR) is 59.2 cm³/mol. The number of rotatable bonds is 5. The van der Waals surface area contributed by atoms with Crippen LogP contribution < -0.4 is 5.32 Å². The van der Waals surface area contributed by atoms with Gasteiger partial charge in [-0.2, -0.15) is 11.8 Å². The maximum absolute atomic E-state index is 4.30. The van der Waals surface area contributed by atoms with Gasteiger partial charge in [0, 0.05) is 30.1 Å². The molecule has 0 aliphatic rings. The summed E-state index contributed by atoms with van der Waals surface area (Å²) < 4.78 is 0. The third-order valence-corrected chi connectivity index (χ3v) is 2.69. The van der Waals surface area contributed by atoms with Gasteiger partial charge in [-0.25, -0.2) is 0 Å². The number of hydrogen-bond acceptors (Lipinski definition) is 3. The molecular formula is C10H16N2S. The smallest absolute Gasteiger partial charge is 0.0419 e. The molecule has 0 saturated carbocycles. The zero-order chi connectivity index (χ0) is 9.52. The van der Waals surface area contributed by atoms with Crippen molar-refractivity contribution in [2.24, 2.45) is 0 Å². The molecule has 0 radical (unpaired) electrons. The highest BCUT2D eigenvalue weighted by Gasteiger charge is 2.05. The van der Waals surface area contributed by atoms with E-state index in [0.717, 1.165) is 17.9 Å². The molecule has 0 spiro atoms. The Morgan fingerprint density at radius 1 is 1.54 bits per heavy atom. The molecule has 3 heteroatoms. The van der Waals surface area contributed by atoms with Gasteiger partial charge in [0.1, 0.15) is 0 Å². The summed E-state index contributed by atoms with van der Waals surface area (Å²) >= 11 is 1.86. The van der Waals surface area contributed by atoms with E-state index in [1.807, 2.05) is 37.1 Å². The van der Waals surface area contributed by atoms with E-state index in [0.29, 0.717) is 6.04 Å². The van der Waals surface area contributed by atoms with Crippen LogP contribution in [0.15, 0.2) is 24.4 Å². The molecule has 0 amide bonds. The number of hydrogen-bond donors (Lipinski definition) is 1. The first-order valence-electron chi connectivity index (χ1n) is 4.43. The van der Waals surface area contributed by atoms with E-state index >= 15 is 0 Å². The summed E-state index contributed by atoms with van der Waals surface area (Å²) in [5, 5.41) is 3.29. The molecule has 0 bridgehead atoms. The Balaban J connectivity index is 2.46. The van der Waals surface area contributed by atoms with Gasteiger partial charge in [0.05, 0.1) is 0 Å². The number of nitrogens with zero attached hydrogens (tertiary/aromatic N) is 1. The van der Waals surface area contributed by atoms with E-state index in [4.69, 9.17) is 0 Å². The molecule has 1 N–H and O–H groups in total. The first-order chi connectivity index (χ1) is 6.36. The van der Waals surface area contributed by atoms with E-state index in [-0.39, 0.29) is 0 Å². The van der Waals surface area contributed by atoms with Crippen LogP contribution in [0.25, 0.3) is 0 Å². The van der Waals surface area contributed by atoms with Crippen molar-refractivity contribution in [3.05, 3.63) is 30.1 Å². The first kappa shape index (κ1) is 10.5. The van der Waals surface area contributed by atoms with E-state index in [9.17, 15) is 0 Å². The summed E-state index contributed by atoms with van der Waals surface area (Å²) in [6.07, 6.45) is 4.99. The minimum absolute atomic E-state index is 0.532. The fourth-order valence-electron chi connectivity index (χ4n) is 1.22. The van der Waals surface area contributed by atoms with Crippen molar-refractivity contribution in [3.63, 3.8) is 0 Å². The van der Waals surface area contributed by atoms with Crippen LogP contribution in [0, 0.1) is 0 Å². The second kappa shape index (κ2) is 6.00. The van der Waals surface area contributed by atoms with Crippen LogP contribution in [0.5, 0.6) is 0 Å². The van der Waals surface area contributed by atoms with Gasteiger partial charge in [0.2, 0.25) is 0 Å². The van der Waals surface area contributed by atoms with Gasteiger partial charge >= 0.3 is 0 Å². The molecule has 1 rings (SSSR count). The van der Waals surface area contributed by atoms with Crippen molar-refractivity contribution in [1.29, 1.82) is 0 Å². The number of nitrogens with one attached hydrogen (secondary N) is 1. The Bertz CT molecular complexity index is 226. The van der Waals surface area contributed by atoms with Crippen LogP contribution in [0.2, 0.25) is 0 Å². The SMILES string of the molecule is CNC(CSC)Cc1ccccn1. The standard InChI is InChI=1S/C10H16N2S/c1-11-10(8-13-2)7-9-5-3-4-6-12-9/h3-6,10-11H,7-8H2,1-2H3. The molecular weight excluding hydrogens is 180 g/mol. The molecule has 1 unspecified atom stereocenters. The molecule has 0 aliphatic heterocycles. The summed E-state index contributed by atoms with van der Waals surface area (Å²) in [4.78, 5) is 4.30. The molecule has 0 fully saturated rings. The van der Waals surface area contributed by atoms with Gasteiger partial charge < -0.3 is 5.32 Å². The summed E-state index contributed by atoms with van der Waals surface area (Å²) in [6, 6.07) is 6.59. The van der Waals surface area contributed by atoms with Crippen molar-refractivity contribution >= 4 is 11.8 Å². The lowest BCUT2D eigenvalue weighted by molar-refractivity contribution is 0.609. The van der Waals surface area contributed by atoms with E-state index < -0.39 is 0 Å². The fraction of sp³-hybridized carbons (Fsp3) is 0.500. The van der Waals surface area contributed by atoms with Gasteiger partial charge in [-0.3, -0.25) is 4.98 Å². The lowest BCUT2D eigenvalue weighted by Gasteiger charge is -2.13.